The first-order valence-electron chi connectivity index (χ1n) is 7.19. The van der Waals surface area contributed by atoms with E-state index in [1.165, 1.54) is 0 Å². The van der Waals surface area contributed by atoms with Gasteiger partial charge in [-0.3, -0.25) is 9.69 Å². The van der Waals surface area contributed by atoms with Crippen molar-refractivity contribution in [3.8, 4) is 0 Å². The Bertz CT molecular complexity index is 269. The van der Waals surface area contributed by atoms with E-state index in [0.717, 1.165) is 57.9 Å². The number of unbranched alkanes of at least 4 members (excludes halogenated alkanes) is 2. The lowest BCUT2D eigenvalue weighted by Gasteiger charge is -2.36. The Kier molecular flexibility index (Phi) is 6.94. The largest absolute Gasteiger partial charge is 0.355 e. The predicted octanol–water partition coefficient (Wildman–Crippen LogP) is 1.73. The molecule has 1 fully saturated rings. The van der Waals surface area contributed by atoms with Gasteiger partial charge in [0, 0.05) is 6.54 Å². The minimum Gasteiger partial charge on any atom is -0.355 e. The van der Waals surface area contributed by atoms with Crippen LogP contribution in [0.25, 0.3) is 0 Å². The number of carbonyl (C=O) groups is 2. The Hall–Kier alpha value is -0.900. The van der Waals surface area contributed by atoms with Crippen molar-refractivity contribution in [2.75, 3.05) is 13.1 Å². The summed E-state index contributed by atoms with van der Waals surface area (Å²) < 4.78 is 0. The van der Waals surface area contributed by atoms with Crippen LogP contribution in [0.5, 0.6) is 0 Å². The molecular formula is C14H26N2O2. The van der Waals surface area contributed by atoms with Gasteiger partial charge < -0.3 is 10.1 Å². The highest BCUT2D eigenvalue weighted by atomic mass is 16.2. The van der Waals surface area contributed by atoms with Crippen LogP contribution in [0.4, 0.5) is 0 Å². The number of carbonyl (C=O) groups excluding carboxylic acids is 2. The molecule has 0 spiro atoms. The summed E-state index contributed by atoms with van der Waals surface area (Å²) in [6.45, 7) is 5.65. The van der Waals surface area contributed by atoms with Gasteiger partial charge in [-0.2, -0.15) is 0 Å². The number of nitrogens with zero attached hydrogens (tertiary/aromatic N) is 1. The van der Waals surface area contributed by atoms with E-state index in [9.17, 15) is 9.59 Å². The van der Waals surface area contributed by atoms with Crippen molar-refractivity contribution in [3.05, 3.63) is 0 Å². The fraction of sp³-hybridized carbons (Fsp3) is 0.857. The molecule has 0 aromatic rings. The Morgan fingerprint density at radius 3 is 2.89 bits per heavy atom. The Labute approximate surface area is 110 Å². The summed E-state index contributed by atoms with van der Waals surface area (Å²) in [5.74, 6) is 0.0554. The first-order valence-corrected chi connectivity index (χ1v) is 7.19. The molecule has 2 unspecified atom stereocenters. The van der Waals surface area contributed by atoms with Crippen molar-refractivity contribution >= 4 is 12.2 Å². The number of hydrogen-bond donors (Lipinski definition) is 1. The topological polar surface area (TPSA) is 49.4 Å². The third-order valence-corrected chi connectivity index (χ3v) is 3.71. The number of piperidine rings is 1. The molecule has 1 amide bonds. The van der Waals surface area contributed by atoms with E-state index in [1.807, 2.05) is 11.8 Å². The van der Waals surface area contributed by atoms with Crippen molar-refractivity contribution in [2.24, 2.45) is 0 Å². The summed E-state index contributed by atoms with van der Waals surface area (Å²) in [5, 5.41) is 2.96. The van der Waals surface area contributed by atoms with Gasteiger partial charge in [0.25, 0.3) is 0 Å². The second kappa shape index (κ2) is 8.25. The maximum atomic E-state index is 12.0. The molecule has 0 bridgehead atoms. The van der Waals surface area contributed by atoms with Gasteiger partial charge in [-0.15, -0.1) is 0 Å². The molecule has 0 aliphatic carbocycles. The van der Waals surface area contributed by atoms with Crippen LogP contribution in [-0.2, 0) is 9.59 Å². The molecule has 1 aliphatic rings. The van der Waals surface area contributed by atoms with Crippen molar-refractivity contribution in [1.82, 2.24) is 10.2 Å². The van der Waals surface area contributed by atoms with Crippen LogP contribution >= 0.6 is 0 Å². The van der Waals surface area contributed by atoms with Gasteiger partial charge in [-0.25, -0.2) is 0 Å². The first kappa shape index (κ1) is 15.2. The van der Waals surface area contributed by atoms with Crippen LogP contribution in [0, 0.1) is 0 Å². The van der Waals surface area contributed by atoms with Gasteiger partial charge in [0.05, 0.1) is 12.1 Å². The van der Waals surface area contributed by atoms with Crippen LogP contribution in [0.15, 0.2) is 0 Å². The number of likely N-dealkylation sites (tertiary alicyclic amines) is 1. The van der Waals surface area contributed by atoms with Crippen LogP contribution in [0.2, 0.25) is 0 Å². The van der Waals surface area contributed by atoms with E-state index in [2.05, 4.69) is 12.2 Å². The van der Waals surface area contributed by atoms with Crippen molar-refractivity contribution < 1.29 is 9.59 Å². The Morgan fingerprint density at radius 2 is 2.22 bits per heavy atom. The molecule has 0 radical (unpaired) electrons. The molecule has 2 atom stereocenters. The molecule has 0 saturated carbocycles. The van der Waals surface area contributed by atoms with Crippen LogP contribution in [0.3, 0.4) is 0 Å². The number of hydrogen-bond acceptors (Lipinski definition) is 3. The zero-order chi connectivity index (χ0) is 13.4. The maximum Gasteiger partial charge on any atom is 0.237 e. The van der Waals surface area contributed by atoms with E-state index in [-0.39, 0.29) is 18.0 Å². The van der Waals surface area contributed by atoms with E-state index in [4.69, 9.17) is 0 Å². The summed E-state index contributed by atoms with van der Waals surface area (Å²) in [6, 6.07) is -0.266. The second-order valence-corrected chi connectivity index (χ2v) is 5.11. The van der Waals surface area contributed by atoms with Gasteiger partial charge in [0.15, 0.2) is 0 Å². The molecule has 1 aliphatic heterocycles. The maximum absolute atomic E-state index is 12.0. The van der Waals surface area contributed by atoms with Crippen molar-refractivity contribution in [3.63, 3.8) is 0 Å². The van der Waals surface area contributed by atoms with Gasteiger partial charge in [0.1, 0.15) is 6.29 Å². The van der Waals surface area contributed by atoms with E-state index < -0.39 is 0 Å². The molecule has 1 rings (SSSR count). The highest BCUT2D eigenvalue weighted by Gasteiger charge is 2.29. The average molecular weight is 254 g/mol. The van der Waals surface area contributed by atoms with Gasteiger partial charge >= 0.3 is 0 Å². The first-order chi connectivity index (χ1) is 8.70. The lowest BCUT2D eigenvalue weighted by atomic mass is 10.0. The Balaban J connectivity index is 2.38. The predicted molar refractivity (Wildman–Crippen MR) is 72.4 cm³/mol. The van der Waals surface area contributed by atoms with Gasteiger partial charge in [0.2, 0.25) is 5.91 Å². The molecule has 4 heteroatoms. The van der Waals surface area contributed by atoms with Crippen LogP contribution in [-0.4, -0.2) is 42.3 Å². The molecule has 18 heavy (non-hydrogen) atoms. The second-order valence-electron chi connectivity index (χ2n) is 5.11. The van der Waals surface area contributed by atoms with Crippen LogP contribution < -0.4 is 5.32 Å². The molecular weight excluding hydrogens is 228 g/mol. The quantitative estimate of drug-likeness (QED) is 0.556. The fourth-order valence-corrected chi connectivity index (χ4v) is 2.49. The number of nitrogens with one attached hydrogen (secondary N) is 1. The molecule has 0 aromatic heterocycles. The summed E-state index contributed by atoms with van der Waals surface area (Å²) in [6.07, 6.45) is 7.38. The highest BCUT2D eigenvalue weighted by Crippen LogP contribution is 2.18. The minimum absolute atomic E-state index is 0.0554. The van der Waals surface area contributed by atoms with E-state index in [1.54, 1.807) is 0 Å². The normalized spacial score (nSPS) is 22.4. The minimum atomic E-state index is -0.192. The third-order valence-electron chi connectivity index (χ3n) is 3.71. The van der Waals surface area contributed by atoms with Gasteiger partial charge in [-0.1, -0.05) is 26.2 Å². The van der Waals surface area contributed by atoms with Crippen LogP contribution in [0.1, 0.15) is 52.4 Å². The molecule has 1 N–H and O–H groups in total. The van der Waals surface area contributed by atoms with E-state index in [0.29, 0.717) is 0 Å². The smallest absolute Gasteiger partial charge is 0.237 e. The Morgan fingerprint density at radius 1 is 1.44 bits per heavy atom. The van der Waals surface area contributed by atoms with Gasteiger partial charge in [-0.05, 0) is 32.7 Å². The SMILES string of the molecule is CCCCCNC(=O)C(C)N1CCCCC1C=O. The monoisotopic (exact) mass is 254 g/mol. The zero-order valence-electron chi connectivity index (χ0n) is 11.7. The average Bonchev–Trinajstić information content (AvgIpc) is 2.42. The lowest BCUT2D eigenvalue weighted by Crippen LogP contribution is -2.52. The standard InChI is InChI=1S/C14H26N2O2/c1-3-4-6-9-15-14(18)12(2)16-10-7-5-8-13(16)11-17/h11-13H,3-10H2,1-2H3,(H,15,18). The summed E-state index contributed by atoms with van der Waals surface area (Å²) >= 11 is 0. The highest BCUT2D eigenvalue weighted by molar-refractivity contribution is 5.81. The number of amides is 1. The summed E-state index contributed by atoms with van der Waals surface area (Å²) in [4.78, 5) is 25.1. The van der Waals surface area contributed by atoms with Crippen molar-refractivity contribution in [2.45, 2.75) is 64.5 Å². The molecule has 0 aromatic carbocycles. The fourth-order valence-electron chi connectivity index (χ4n) is 2.49. The molecule has 1 saturated heterocycles. The third kappa shape index (κ3) is 4.41. The summed E-state index contributed by atoms with van der Waals surface area (Å²) in [5.41, 5.74) is 0. The lowest BCUT2D eigenvalue weighted by molar-refractivity contribution is -0.128. The molecule has 4 nitrogen and oxygen atoms in total. The number of rotatable bonds is 7. The van der Waals surface area contributed by atoms with Crippen molar-refractivity contribution in [1.29, 1.82) is 0 Å². The summed E-state index contributed by atoms with van der Waals surface area (Å²) in [7, 11) is 0. The zero-order valence-corrected chi connectivity index (χ0v) is 11.7. The molecule has 1 heterocycles. The number of aldehydes is 1. The van der Waals surface area contributed by atoms with E-state index >= 15 is 0 Å². The molecule has 104 valence electrons.